The standard InChI is InChI=1S/C14H14ClFN2/c15-12-9-13(16)14(18-10-12)17-8-4-7-11-5-2-1-3-6-11/h1-3,5-6,9-10H,4,7-8H2,(H,17,18). The Labute approximate surface area is 111 Å². The van der Waals surface area contributed by atoms with E-state index in [9.17, 15) is 4.39 Å². The Bertz CT molecular complexity index is 502. The highest BCUT2D eigenvalue weighted by molar-refractivity contribution is 6.30. The lowest BCUT2D eigenvalue weighted by Gasteiger charge is -2.06. The van der Waals surface area contributed by atoms with Crippen molar-refractivity contribution in [3.63, 3.8) is 0 Å². The Morgan fingerprint density at radius 3 is 2.72 bits per heavy atom. The summed E-state index contributed by atoms with van der Waals surface area (Å²) in [5, 5.41) is 3.27. The van der Waals surface area contributed by atoms with Crippen LogP contribution in [0, 0.1) is 5.82 Å². The Hall–Kier alpha value is -1.61. The van der Waals surface area contributed by atoms with Gasteiger partial charge in [0, 0.05) is 12.7 Å². The zero-order chi connectivity index (χ0) is 12.8. The second kappa shape index (κ2) is 6.36. The molecule has 0 saturated carbocycles. The topological polar surface area (TPSA) is 24.9 Å². The van der Waals surface area contributed by atoms with Gasteiger partial charge in [-0.1, -0.05) is 41.9 Å². The number of nitrogens with zero attached hydrogens (tertiary/aromatic N) is 1. The van der Waals surface area contributed by atoms with Crippen molar-refractivity contribution >= 4 is 17.4 Å². The van der Waals surface area contributed by atoms with Crippen LogP contribution in [0.3, 0.4) is 0 Å². The number of hydrogen-bond donors (Lipinski definition) is 1. The van der Waals surface area contributed by atoms with Crippen LogP contribution in [0.2, 0.25) is 5.02 Å². The van der Waals surface area contributed by atoms with Crippen LogP contribution >= 0.6 is 11.6 Å². The number of aryl methyl sites for hydroxylation is 1. The minimum Gasteiger partial charge on any atom is -0.368 e. The Morgan fingerprint density at radius 2 is 2.00 bits per heavy atom. The van der Waals surface area contributed by atoms with Crippen LogP contribution in [0.1, 0.15) is 12.0 Å². The van der Waals surface area contributed by atoms with Gasteiger partial charge in [-0.25, -0.2) is 9.37 Å². The van der Waals surface area contributed by atoms with Gasteiger partial charge in [0.05, 0.1) is 5.02 Å². The summed E-state index contributed by atoms with van der Waals surface area (Å²) in [5.41, 5.74) is 1.28. The van der Waals surface area contributed by atoms with Crippen molar-refractivity contribution in [2.75, 3.05) is 11.9 Å². The van der Waals surface area contributed by atoms with Crippen molar-refractivity contribution in [2.45, 2.75) is 12.8 Å². The molecule has 0 atom stereocenters. The van der Waals surface area contributed by atoms with Crippen molar-refractivity contribution in [1.82, 2.24) is 4.98 Å². The zero-order valence-corrected chi connectivity index (χ0v) is 10.6. The molecule has 0 aliphatic rings. The fourth-order valence-electron chi connectivity index (χ4n) is 1.69. The van der Waals surface area contributed by atoms with E-state index in [-0.39, 0.29) is 5.82 Å². The molecule has 4 heteroatoms. The molecule has 2 aromatic rings. The average molecular weight is 265 g/mol. The smallest absolute Gasteiger partial charge is 0.166 e. The maximum absolute atomic E-state index is 13.4. The average Bonchev–Trinajstić information content (AvgIpc) is 2.38. The number of nitrogens with one attached hydrogen (secondary N) is 1. The predicted molar refractivity (Wildman–Crippen MR) is 72.5 cm³/mol. The molecule has 94 valence electrons. The molecule has 0 radical (unpaired) electrons. The van der Waals surface area contributed by atoms with Crippen LogP contribution in [0.15, 0.2) is 42.6 Å². The highest BCUT2D eigenvalue weighted by Crippen LogP contribution is 2.15. The van der Waals surface area contributed by atoms with Crippen LogP contribution in [0.4, 0.5) is 10.2 Å². The minimum absolute atomic E-state index is 0.257. The van der Waals surface area contributed by atoms with Gasteiger partial charge in [-0.15, -0.1) is 0 Å². The SMILES string of the molecule is Fc1cc(Cl)cnc1NCCCc1ccccc1. The van der Waals surface area contributed by atoms with E-state index in [4.69, 9.17) is 11.6 Å². The third-order valence-electron chi connectivity index (χ3n) is 2.59. The summed E-state index contributed by atoms with van der Waals surface area (Å²) >= 11 is 5.63. The van der Waals surface area contributed by atoms with Crippen molar-refractivity contribution in [3.8, 4) is 0 Å². The molecule has 0 bridgehead atoms. The van der Waals surface area contributed by atoms with Crippen molar-refractivity contribution in [2.24, 2.45) is 0 Å². The van der Waals surface area contributed by atoms with E-state index in [1.807, 2.05) is 18.2 Å². The number of pyridine rings is 1. The second-order valence-corrected chi connectivity index (χ2v) is 4.44. The molecular formula is C14H14ClFN2. The van der Waals surface area contributed by atoms with E-state index in [1.54, 1.807) is 0 Å². The molecule has 0 aliphatic heterocycles. The molecule has 0 spiro atoms. The van der Waals surface area contributed by atoms with Gasteiger partial charge in [-0.3, -0.25) is 0 Å². The molecule has 0 fully saturated rings. The van der Waals surface area contributed by atoms with E-state index in [0.29, 0.717) is 11.6 Å². The van der Waals surface area contributed by atoms with Gasteiger partial charge in [0.15, 0.2) is 11.6 Å². The maximum atomic E-state index is 13.4. The summed E-state index contributed by atoms with van der Waals surface area (Å²) in [6.45, 7) is 0.681. The van der Waals surface area contributed by atoms with Crippen LogP contribution in [0.5, 0.6) is 0 Å². The summed E-state index contributed by atoms with van der Waals surface area (Å²) in [5.74, 6) is -0.158. The van der Waals surface area contributed by atoms with Crippen LogP contribution in [-0.2, 0) is 6.42 Å². The quantitative estimate of drug-likeness (QED) is 0.828. The van der Waals surface area contributed by atoms with Gasteiger partial charge in [0.2, 0.25) is 0 Å². The fraction of sp³-hybridized carbons (Fsp3) is 0.214. The van der Waals surface area contributed by atoms with Crippen LogP contribution < -0.4 is 5.32 Å². The fourth-order valence-corrected chi connectivity index (χ4v) is 1.83. The molecule has 1 N–H and O–H groups in total. The zero-order valence-electron chi connectivity index (χ0n) is 9.87. The number of hydrogen-bond acceptors (Lipinski definition) is 2. The molecule has 0 aliphatic carbocycles. The Kier molecular flexibility index (Phi) is 4.53. The highest BCUT2D eigenvalue weighted by atomic mass is 35.5. The predicted octanol–water partition coefficient (Wildman–Crippen LogP) is 3.92. The Balaban J connectivity index is 1.79. The molecule has 0 unspecified atom stereocenters. The van der Waals surface area contributed by atoms with Gasteiger partial charge in [0.25, 0.3) is 0 Å². The van der Waals surface area contributed by atoms with Gasteiger partial charge in [-0.2, -0.15) is 0 Å². The number of benzene rings is 1. The lowest BCUT2D eigenvalue weighted by molar-refractivity contribution is 0.623. The number of rotatable bonds is 5. The van der Waals surface area contributed by atoms with Gasteiger partial charge < -0.3 is 5.32 Å². The van der Waals surface area contributed by atoms with Crippen LogP contribution in [-0.4, -0.2) is 11.5 Å². The molecular weight excluding hydrogens is 251 g/mol. The van der Waals surface area contributed by atoms with Crippen LogP contribution in [0.25, 0.3) is 0 Å². The highest BCUT2D eigenvalue weighted by Gasteiger charge is 2.03. The van der Waals surface area contributed by atoms with Gasteiger partial charge in [0.1, 0.15) is 0 Å². The summed E-state index contributed by atoms with van der Waals surface area (Å²) < 4.78 is 13.4. The maximum Gasteiger partial charge on any atom is 0.166 e. The monoisotopic (exact) mass is 264 g/mol. The number of aromatic nitrogens is 1. The molecule has 1 aromatic heterocycles. The normalized spacial score (nSPS) is 10.3. The molecule has 1 heterocycles. The lowest BCUT2D eigenvalue weighted by Crippen LogP contribution is -2.06. The molecule has 18 heavy (non-hydrogen) atoms. The summed E-state index contributed by atoms with van der Waals surface area (Å²) in [7, 11) is 0. The minimum atomic E-state index is -0.415. The largest absolute Gasteiger partial charge is 0.368 e. The van der Waals surface area contributed by atoms with E-state index >= 15 is 0 Å². The summed E-state index contributed by atoms with van der Waals surface area (Å²) in [4.78, 5) is 3.90. The van der Waals surface area contributed by atoms with E-state index in [1.165, 1.54) is 17.8 Å². The first kappa shape index (κ1) is 12.8. The molecule has 2 rings (SSSR count). The summed E-state index contributed by atoms with van der Waals surface area (Å²) in [6, 6.07) is 11.5. The van der Waals surface area contributed by atoms with E-state index in [2.05, 4.69) is 22.4 Å². The third kappa shape index (κ3) is 3.70. The Morgan fingerprint density at radius 1 is 1.22 bits per heavy atom. The second-order valence-electron chi connectivity index (χ2n) is 4.00. The number of halogens is 2. The number of anilines is 1. The van der Waals surface area contributed by atoms with Gasteiger partial charge in [-0.05, 0) is 24.5 Å². The first-order valence-corrected chi connectivity index (χ1v) is 6.22. The van der Waals surface area contributed by atoms with Crippen molar-refractivity contribution < 1.29 is 4.39 Å². The third-order valence-corrected chi connectivity index (χ3v) is 2.79. The molecule has 0 amide bonds. The summed E-state index contributed by atoms with van der Waals surface area (Å²) in [6.07, 6.45) is 3.32. The first-order valence-electron chi connectivity index (χ1n) is 5.84. The molecule has 1 aromatic carbocycles. The van der Waals surface area contributed by atoms with Crippen molar-refractivity contribution in [1.29, 1.82) is 0 Å². The van der Waals surface area contributed by atoms with E-state index in [0.717, 1.165) is 12.8 Å². The first-order chi connectivity index (χ1) is 8.75. The molecule has 2 nitrogen and oxygen atoms in total. The van der Waals surface area contributed by atoms with Gasteiger partial charge >= 0.3 is 0 Å². The van der Waals surface area contributed by atoms with E-state index < -0.39 is 5.82 Å². The molecule has 0 saturated heterocycles. The lowest BCUT2D eigenvalue weighted by atomic mass is 10.1. The van der Waals surface area contributed by atoms with Crippen molar-refractivity contribution in [3.05, 3.63) is 59.0 Å².